The SMILES string of the molecule is CC(C)n1ccn(CCN(C)C)c1=O. The average molecular weight is 197 g/mol. The molecule has 0 aliphatic heterocycles. The van der Waals surface area contributed by atoms with Crippen molar-refractivity contribution in [3.05, 3.63) is 22.9 Å². The molecule has 0 atom stereocenters. The van der Waals surface area contributed by atoms with Crippen LogP contribution in [0.3, 0.4) is 0 Å². The lowest BCUT2D eigenvalue weighted by molar-refractivity contribution is 0.378. The van der Waals surface area contributed by atoms with Crippen LogP contribution in [0.25, 0.3) is 0 Å². The number of likely N-dealkylation sites (N-methyl/N-ethyl adjacent to an activating group) is 1. The second-order valence-electron chi connectivity index (χ2n) is 4.08. The normalized spacial score (nSPS) is 11.6. The summed E-state index contributed by atoms with van der Waals surface area (Å²) in [5.74, 6) is 0. The largest absolute Gasteiger partial charge is 0.328 e. The molecular weight excluding hydrogens is 178 g/mol. The van der Waals surface area contributed by atoms with Crippen molar-refractivity contribution < 1.29 is 0 Å². The molecule has 0 spiro atoms. The summed E-state index contributed by atoms with van der Waals surface area (Å²) in [6.45, 7) is 5.67. The molecular formula is C10H19N3O. The fourth-order valence-electron chi connectivity index (χ4n) is 1.30. The first-order valence-electron chi connectivity index (χ1n) is 4.94. The first-order chi connectivity index (χ1) is 6.52. The average Bonchev–Trinajstić information content (AvgIpc) is 2.43. The van der Waals surface area contributed by atoms with E-state index in [9.17, 15) is 4.79 Å². The molecule has 4 nitrogen and oxygen atoms in total. The molecule has 1 aromatic heterocycles. The zero-order chi connectivity index (χ0) is 10.7. The van der Waals surface area contributed by atoms with Crippen LogP contribution in [0.4, 0.5) is 0 Å². The molecule has 0 aliphatic carbocycles. The summed E-state index contributed by atoms with van der Waals surface area (Å²) in [5, 5.41) is 0. The topological polar surface area (TPSA) is 30.2 Å². The summed E-state index contributed by atoms with van der Waals surface area (Å²) in [5.41, 5.74) is 0.0850. The highest BCUT2D eigenvalue weighted by Gasteiger charge is 2.05. The summed E-state index contributed by atoms with van der Waals surface area (Å²) in [4.78, 5) is 13.8. The maximum absolute atomic E-state index is 11.7. The summed E-state index contributed by atoms with van der Waals surface area (Å²) < 4.78 is 3.50. The van der Waals surface area contributed by atoms with Crippen LogP contribution in [-0.4, -0.2) is 34.7 Å². The first kappa shape index (κ1) is 11.0. The van der Waals surface area contributed by atoms with E-state index in [-0.39, 0.29) is 11.7 Å². The molecule has 0 N–H and O–H groups in total. The zero-order valence-corrected chi connectivity index (χ0v) is 9.40. The number of nitrogens with zero attached hydrogens (tertiary/aromatic N) is 3. The van der Waals surface area contributed by atoms with E-state index in [4.69, 9.17) is 0 Å². The van der Waals surface area contributed by atoms with E-state index in [1.165, 1.54) is 0 Å². The number of hydrogen-bond acceptors (Lipinski definition) is 2. The van der Waals surface area contributed by atoms with Gasteiger partial charge in [-0.1, -0.05) is 0 Å². The van der Waals surface area contributed by atoms with E-state index >= 15 is 0 Å². The molecule has 0 aromatic carbocycles. The van der Waals surface area contributed by atoms with Crippen molar-refractivity contribution in [3.63, 3.8) is 0 Å². The molecule has 14 heavy (non-hydrogen) atoms. The first-order valence-corrected chi connectivity index (χ1v) is 4.94. The summed E-state index contributed by atoms with van der Waals surface area (Å²) in [6.07, 6.45) is 3.70. The summed E-state index contributed by atoms with van der Waals surface area (Å²) >= 11 is 0. The molecule has 0 saturated heterocycles. The second-order valence-corrected chi connectivity index (χ2v) is 4.08. The van der Waals surface area contributed by atoms with Crippen LogP contribution >= 0.6 is 0 Å². The van der Waals surface area contributed by atoms with Crippen molar-refractivity contribution in [1.82, 2.24) is 14.0 Å². The fourth-order valence-corrected chi connectivity index (χ4v) is 1.30. The Bertz CT molecular complexity index is 335. The van der Waals surface area contributed by atoms with Crippen LogP contribution in [0.5, 0.6) is 0 Å². The molecule has 1 aromatic rings. The minimum Gasteiger partial charge on any atom is -0.308 e. The van der Waals surface area contributed by atoms with Crippen molar-refractivity contribution in [2.75, 3.05) is 20.6 Å². The third kappa shape index (κ3) is 2.48. The van der Waals surface area contributed by atoms with Crippen molar-refractivity contribution in [3.8, 4) is 0 Å². The zero-order valence-electron chi connectivity index (χ0n) is 9.40. The van der Waals surface area contributed by atoms with Gasteiger partial charge in [-0.15, -0.1) is 0 Å². The molecule has 80 valence electrons. The predicted octanol–water partition coefficient (Wildman–Crippen LogP) is 0.792. The van der Waals surface area contributed by atoms with Crippen molar-refractivity contribution in [1.29, 1.82) is 0 Å². The molecule has 0 saturated carbocycles. The van der Waals surface area contributed by atoms with Crippen LogP contribution in [0.2, 0.25) is 0 Å². The summed E-state index contributed by atoms with van der Waals surface area (Å²) in [7, 11) is 4.01. The van der Waals surface area contributed by atoms with Crippen molar-refractivity contribution in [2.24, 2.45) is 0 Å². The lowest BCUT2D eigenvalue weighted by Gasteiger charge is -2.09. The molecule has 0 unspecified atom stereocenters. The molecule has 4 heteroatoms. The van der Waals surface area contributed by atoms with Gasteiger partial charge in [0.2, 0.25) is 0 Å². The van der Waals surface area contributed by atoms with E-state index < -0.39 is 0 Å². The highest BCUT2D eigenvalue weighted by atomic mass is 16.1. The highest BCUT2D eigenvalue weighted by Crippen LogP contribution is 1.98. The van der Waals surface area contributed by atoms with Gasteiger partial charge in [0.15, 0.2) is 0 Å². The van der Waals surface area contributed by atoms with Crippen molar-refractivity contribution in [2.45, 2.75) is 26.4 Å². The lowest BCUT2D eigenvalue weighted by atomic mass is 10.4. The molecule has 0 aliphatic rings. The Morgan fingerprint density at radius 2 is 2.00 bits per heavy atom. The van der Waals surface area contributed by atoms with Crippen LogP contribution in [0.1, 0.15) is 19.9 Å². The molecule has 0 bridgehead atoms. The van der Waals surface area contributed by atoms with E-state index in [1.807, 2.05) is 40.3 Å². The standard InChI is InChI=1S/C10H19N3O/c1-9(2)13-8-7-12(10(13)14)6-5-11(3)4/h7-9H,5-6H2,1-4H3. The maximum Gasteiger partial charge on any atom is 0.328 e. The van der Waals surface area contributed by atoms with Gasteiger partial charge in [0.1, 0.15) is 0 Å². The number of imidazole rings is 1. The van der Waals surface area contributed by atoms with Gasteiger partial charge in [-0.2, -0.15) is 0 Å². The van der Waals surface area contributed by atoms with Crippen LogP contribution < -0.4 is 5.69 Å². The lowest BCUT2D eigenvalue weighted by Crippen LogP contribution is -2.28. The molecule has 1 rings (SSSR count). The van der Waals surface area contributed by atoms with Gasteiger partial charge in [-0.3, -0.25) is 9.13 Å². The van der Waals surface area contributed by atoms with E-state index in [2.05, 4.69) is 4.90 Å². The Balaban J connectivity index is 2.75. The van der Waals surface area contributed by atoms with E-state index in [0.717, 1.165) is 13.1 Å². The minimum absolute atomic E-state index is 0.0850. The van der Waals surface area contributed by atoms with Gasteiger partial charge in [-0.25, -0.2) is 4.79 Å². The quantitative estimate of drug-likeness (QED) is 0.714. The van der Waals surface area contributed by atoms with Crippen LogP contribution in [0.15, 0.2) is 17.2 Å². The van der Waals surface area contributed by atoms with Gasteiger partial charge in [0, 0.05) is 31.5 Å². The Morgan fingerprint density at radius 3 is 2.43 bits per heavy atom. The fraction of sp³-hybridized carbons (Fsp3) is 0.700. The third-order valence-corrected chi connectivity index (χ3v) is 2.22. The van der Waals surface area contributed by atoms with Crippen LogP contribution in [-0.2, 0) is 6.54 Å². The number of hydrogen-bond donors (Lipinski definition) is 0. The second kappa shape index (κ2) is 4.46. The number of rotatable bonds is 4. The van der Waals surface area contributed by atoms with Gasteiger partial charge >= 0.3 is 5.69 Å². The van der Waals surface area contributed by atoms with Gasteiger partial charge in [0.05, 0.1) is 0 Å². The van der Waals surface area contributed by atoms with Crippen molar-refractivity contribution >= 4 is 0 Å². The molecule has 1 heterocycles. The third-order valence-electron chi connectivity index (χ3n) is 2.22. The van der Waals surface area contributed by atoms with Crippen LogP contribution in [0, 0.1) is 0 Å². The monoisotopic (exact) mass is 197 g/mol. The summed E-state index contributed by atoms with van der Waals surface area (Å²) in [6, 6.07) is 0.239. The minimum atomic E-state index is 0.0850. The Labute approximate surface area is 84.8 Å². The Morgan fingerprint density at radius 1 is 1.36 bits per heavy atom. The Kier molecular flexibility index (Phi) is 3.52. The smallest absolute Gasteiger partial charge is 0.308 e. The Hall–Kier alpha value is -1.03. The molecule has 0 fully saturated rings. The van der Waals surface area contributed by atoms with Gasteiger partial charge in [-0.05, 0) is 27.9 Å². The van der Waals surface area contributed by atoms with E-state index in [0.29, 0.717) is 0 Å². The highest BCUT2D eigenvalue weighted by molar-refractivity contribution is 4.83. The van der Waals surface area contributed by atoms with E-state index in [1.54, 1.807) is 9.13 Å². The maximum atomic E-state index is 11.7. The van der Waals surface area contributed by atoms with Gasteiger partial charge in [0.25, 0.3) is 0 Å². The molecule has 0 radical (unpaired) electrons. The number of aromatic nitrogens is 2. The molecule has 0 amide bonds. The predicted molar refractivity (Wildman–Crippen MR) is 57.6 cm³/mol. The van der Waals surface area contributed by atoms with Gasteiger partial charge < -0.3 is 4.90 Å².